The van der Waals surface area contributed by atoms with Gasteiger partial charge in [0.15, 0.2) is 0 Å². The van der Waals surface area contributed by atoms with Crippen LogP contribution in [0.2, 0.25) is 0 Å². The van der Waals surface area contributed by atoms with Crippen molar-refractivity contribution in [3.63, 3.8) is 0 Å². The maximum absolute atomic E-state index is 14.6. The van der Waals surface area contributed by atoms with Gasteiger partial charge in [-0.1, -0.05) is 0 Å². The van der Waals surface area contributed by atoms with Gasteiger partial charge >= 0.3 is 5.27 Å². The van der Waals surface area contributed by atoms with Crippen molar-refractivity contribution in [1.29, 1.82) is 0 Å². The average molecular weight is 377 g/mol. The van der Waals surface area contributed by atoms with Crippen LogP contribution in [-0.4, -0.2) is 38.2 Å². The molecule has 0 radical (unpaired) electrons. The monoisotopic (exact) mass is 376 g/mol. The van der Waals surface area contributed by atoms with Crippen LogP contribution < -0.4 is 0 Å². The standard InChI is InChI=1S/C21H46OP2/c1-15(2)23(16(3)4,20(9,10)11)19(22)24(17(5)6,18(7)8)21(12,13)14/h15-18H,1-14H3/q+2. The van der Waals surface area contributed by atoms with Crippen molar-refractivity contribution in [2.24, 2.45) is 0 Å². The molecule has 0 aliphatic heterocycles. The molecule has 0 heterocycles. The second-order valence-corrected chi connectivity index (χ2v) is 21.6. The molecule has 0 aromatic heterocycles. The molecule has 0 atom stereocenters. The number of hydrogen-bond acceptors (Lipinski definition) is 1. The van der Waals surface area contributed by atoms with Crippen molar-refractivity contribution >= 4 is 19.8 Å². The smallest absolute Gasteiger partial charge is 0.211 e. The van der Waals surface area contributed by atoms with Crippen molar-refractivity contribution in [3.8, 4) is 0 Å². The van der Waals surface area contributed by atoms with Crippen molar-refractivity contribution < 1.29 is 4.79 Å². The minimum absolute atomic E-state index is 0.0622. The van der Waals surface area contributed by atoms with E-state index in [1.54, 1.807) is 0 Å². The molecule has 24 heavy (non-hydrogen) atoms. The van der Waals surface area contributed by atoms with Gasteiger partial charge in [-0.05, 0) is 96.9 Å². The van der Waals surface area contributed by atoms with Crippen molar-refractivity contribution in [2.75, 3.05) is 0 Å². The van der Waals surface area contributed by atoms with Gasteiger partial charge < -0.3 is 0 Å². The molecule has 0 aromatic carbocycles. The van der Waals surface area contributed by atoms with E-state index in [1.807, 2.05) is 0 Å². The lowest BCUT2D eigenvalue weighted by molar-refractivity contribution is 0.273. The number of carbonyl (C=O) groups is 1. The summed E-state index contributed by atoms with van der Waals surface area (Å²) >= 11 is 0. The third-order valence-corrected chi connectivity index (χ3v) is 20.3. The molecule has 0 amide bonds. The van der Waals surface area contributed by atoms with Crippen LogP contribution in [0.1, 0.15) is 96.9 Å². The molecule has 0 fully saturated rings. The van der Waals surface area contributed by atoms with Gasteiger partial charge in [-0.25, -0.2) is 4.79 Å². The Bertz CT molecular complexity index is 378. The van der Waals surface area contributed by atoms with Gasteiger partial charge in [0.05, 0.1) is 32.9 Å². The van der Waals surface area contributed by atoms with Crippen LogP contribution in [0.25, 0.3) is 0 Å². The molecule has 0 N–H and O–H groups in total. The first-order chi connectivity index (χ1) is 10.4. The molecule has 0 aromatic rings. The molecule has 0 bridgehead atoms. The van der Waals surface area contributed by atoms with Crippen LogP contribution in [0.3, 0.4) is 0 Å². The first kappa shape index (κ1) is 24.5. The predicted octanol–water partition coefficient (Wildman–Crippen LogP) is 8.37. The van der Waals surface area contributed by atoms with Gasteiger partial charge in [-0.15, -0.1) is 0 Å². The van der Waals surface area contributed by atoms with Crippen LogP contribution in [0.4, 0.5) is 4.79 Å². The fourth-order valence-electron chi connectivity index (χ4n) is 6.02. The normalized spacial score (nSPS) is 15.1. The Morgan fingerprint density at radius 1 is 0.542 bits per heavy atom. The zero-order valence-corrected chi connectivity index (χ0v) is 20.9. The van der Waals surface area contributed by atoms with E-state index >= 15 is 0 Å². The van der Waals surface area contributed by atoms with E-state index in [2.05, 4.69) is 96.9 Å². The van der Waals surface area contributed by atoms with Gasteiger partial charge in [0.1, 0.15) is 14.5 Å². The minimum Gasteiger partial charge on any atom is -0.211 e. The topological polar surface area (TPSA) is 17.1 Å². The largest absolute Gasteiger partial charge is 0.398 e. The Morgan fingerprint density at radius 2 is 0.708 bits per heavy atom. The summed E-state index contributed by atoms with van der Waals surface area (Å²) in [5.41, 5.74) is 1.79. The van der Waals surface area contributed by atoms with Crippen LogP contribution in [0.5, 0.6) is 0 Å². The van der Waals surface area contributed by atoms with Gasteiger partial charge in [0.2, 0.25) is 0 Å². The van der Waals surface area contributed by atoms with Crippen molar-refractivity contribution in [1.82, 2.24) is 0 Å². The van der Waals surface area contributed by atoms with E-state index in [0.717, 1.165) is 0 Å². The quantitative estimate of drug-likeness (QED) is 0.425. The van der Waals surface area contributed by atoms with E-state index in [4.69, 9.17) is 0 Å². The minimum atomic E-state index is -1.83. The summed E-state index contributed by atoms with van der Waals surface area (Å²) < 4.78 is 0. The van der Waals surface area contributed by atoms with Gasteiger partial charge in [-0.3, -0.25) is 0 Å². The van der Waals surface area contributed by atoms with E-state index < -0.39 is 14.5 Å². The zero-order valence-electron chi connectivity index (χ0n) is 19.1. The Balaban J connectivity index is 6.99. The first-order valence-corrected chi connectivity index (χ1v) is 13.6. The molecule has 0 aliphatic rings. The molecule has 3 heteroatoms. The average Bonchev–Trinajstić information content (AvgIpc) is 2.22. The summed E-state index contributed by atoms with van der Waals surface area (Å²) in [6.45, 7) is 32.5. The van der Waals surface area contributed by atoms with Gasteiger partial charge in [-0.2, -0.15) is 0 Å². The lowest BCUT2D eigenvalue weighted by Gasteiger charge is -2.49. The molecule has 0 saturated heterocycles. The van der Waals surface area contributed by atoms with Crippen LogP contribution in [0.15, 0.2) is 0 Å². The second-order valence-electron chi connectivity index (χ2n) is 10.6. The Hall–Kier alpha value is 0.530. The van der Waals surface area contributed by atoms with E-state index in [1.165, 1.54) is 0 Å². The highest BCUT2D eigenvalue weighted by atomic mass is 31.2. The molecule has 1 nitrogen and oxygen atoms in total. The van der Waals surface area contributed by atoms with E-state index in [9.17, 15) is 4.79 Å². The van der Waals surface area contributed by atoms with E-state index in [-0.39, 0.29) is 10.3 Å². The summed E-state index contributed by atoms with van der Waals surface area (Å²) in [7, 11) is -3.66. The van der Waals surface area contributed by atoms with E-state index in [0.29, 0.717) is 27.9 Å². The summed E-state index contributed by atoms with van der Waals surface area (Å²) in [4.78, 5) is 14.6. The first-order valence-electron chi connectivity index (χ1n) is 9.75. The summed E-state index contributed by atoms with van der Waals surface area (Å²) in [6.07, 6.45) is 0. The van der Waals surface area contributed by atoms with Crippen molar-refractivity contribution in [3.05, 3.63) is 0 Å². The predicted molar refractivity (Wildman–Crippen MR) is 119 cm³/mol. The summed E-state index contributed by atoms with van der Waals surface area (Å²) in [5, 5.41) is 0.837. The summed E-state index contributed by atoms with van der Waals surface area (Å²) in [5.74, 6) is 0. The molecular formula is C21H46OP2+2. The molecular weight excluding hydrogens is 330 g/mol. The van der Waals surface area contributed by atoms with Crippen LogP contribution in [-0.2, 0) is 0 Å². The maximum atomic E-state index is 14.6. The molecule has 0 unspecified atom stereocenters. The number of rotatable bonds is 6. The fourth-order valence-corrected chi connectivity index (χ4v) is 24.3. The second kappa shape index (κ2) is 7.64. The molecule has 144 valence electrons. The lowest BCUT2D eigenvalue weighted by Crippen LogP contribution is -2.44. The Morgan fingerprint density at radius 3 is 0.792 bits per heavy atom. The third-order valence-electron chi connectivity index (χ3n) is 6.11. The summed E-state index contributed by atoms with van der Waals surface area (Å²) in [6, 6.07) is 0. The highest BCUT2D eigenvalue weighted by molar-refractivity contribution is 8.17. The molecule has 0 rings (SSSR count). The highest BCUT2D eigenvalue weighted by Gasteiger charge is 2.75. The number of carbonyl (C=O) groups excluding carboxylic acids is 1. The van der Waals surface area contributed by atoms with Crippen LogP contribution >= 0.6 is 14.5 Å². The SMILES string of the molecule is CC(C)[P+](C(=O)[P+](C(C)C)(C(C)C)C(C)(C)C)(C(C)C)C(C)(C)C. The Labute approximate surface area is 154 Å². The zero-order chi connectivity index (χ0) is 19.9. The highest BCUT2D eigenvalue weighted by Crippen LogP contribution is 2.90. The third kappa shape index (κ3) is 3.51. The van der Waals surface area contributed by atoms with Crippen LogP contribution in [0, 0.1) is 0 Å². The fraction of sp³-hybridized carbons (Fsp3) is 0.952. The Kier molecular flexibility index (Phi) is 7.81. The maximum Gasteiger partial charge on any atom is 0.398 e. The number of hydrogen-bond donors (Lipinski definition) is 0. The molecule has 0 aliphatic carbocycles. The lowest BCUT2D eigenvalue weighted by atomic mass is 10.2. The van der Waals surface area contributed by atoms with Gasteiger partial charge in [0.25, 0.3) is 0 Å². The molecule has 0 spiro atoms. The van der Waals surface area contributed by atoms with Crippen molar-refractivity contribution in [2.45, 2.75) is 130 Å². The van der Waals surface area contributed by atoms with Gasteiger partial charge in [0, 0.05) is 0 Å². The molecule has 0 saturated carbocycles.